The first kappa shape index (κ1) is 17.9. The summed E-state index contributed by atoms with van der Waals surface area (Å²) in [5.74, 6) is 0.264. The van der Waals surface area contributed by atoms with Crippen molar-refractivity contribution in [3.63, 3.8) is 0 Å². The lowest BCUT2D eigenvalue weighted by Gasteiger charge is -2.14. The third-order valence-electron chi connectivity index (χ3n) is 3.32. The van der Waals surface area contributed by atoms with Crippen molar-refractivity contribution in [2.45, 2.75) is 70.8 Å². The van der Waals surface area contributed by atoms with E-state index in [1.54, 1.807) is 0 Å². The Morgan fingerprint density at radius 3 is 1.89 bits per heavy atom. The van der Waals surface area contributed by atoms with E-state index in [2.05, 4.69) is 12.2 Å². The summed E-state index contributed by atoms with van der Waals surface area (Å²) in [6.07, 6.45) is 12.6. The third-order valence-corrected chi connectivity index (χ3v) is 4.33. The summed E-state index contributed by atoms with van der Waals surface area (Å²) in [7, 11) is -1.01. The van der Waals surface area contributed by atoms with Crippen molar-refractivity contribution in [2.75, 3.05) is 19.1 Å². The Bertz CT molecular complexity index is 276. The molecule has 0 aliphatic carbocycles. The van der Waals surface area contributed by atoms with Gasteiger partial charge in [0.25, 0.3) is 0 Å². The second-order valence-corrected chi connectivity index (χ2v) is 7.53. The molecule has 0 heterocycles. The fourth-order valence-electron chi connectivity index (χ4n) is 2.20. The van der Waals surface area contributed by atoms with Crippen LogP contribution in [0.4, 0.5) is 0 Å². The number of hydrogen-bond acceptors (Lipinski definition) is 3. The standard InChI is InChI=1S/C14H31NO2S/c1-4-5-6-7-8-9-10-11-12-14(15-2)13-18(3,16)17/h14-15H,4-13H2,1-3H3. The number of rotatable bonds is 12. The zero-order chi connectivity index (χ0) is 13.9. The smallest absolute Gasteiger partial charge is 0.148 e. The van der Waals surface area contributed by atoms with E-state index in [9.17, 15) is 8.42 Å². The van der Waals surface area contributed by atoms with Gasteiger partial charge in [-0.15, -0.1) is 0 Å². The van der Waals surface area contributed by atoms with Crippen LogP contribution in [0.2, 0.25) is 0 Å². The molecule has 1 atom stereocenters. The van der Waals surface area contributed by atoms with E-state index in [-0.39, 0.29) is 11.8 Å². The molecule has 110 valence electrons. The number of sulfone groups is 1. The first-order chi connectivity index (χ1) is 8.49. The quantitative estimate of drug-likeness (QED) is 0.557. The molecule has 0 radical (unpaired) electrons. The Balaban J connectivity index is 3.46. The lowest BCUT2D eigenvalue weighted by Crippen LogP contribution is -2.32. The van der Waals surface area contributed by atoms with Gasteiger partial charge in [-0.25, -0.2) is 8.42 Å². The molecule has 0 saturated carbocycles. The molecule has 18 heavy (non-hydrogen) atoms. The predicted octanol–water partition coefficient (Wildman–Crippen LogP) is 3.15. The van der Waals surface area contributed by atoms with Gasteiger partial charge in [-0.05, 0) is 13.5 Å². The Kier molecular flexibility index (Phi) is 10.7. The monoisotopic (exact) mass is 277 g/mol. The Hall–Kier alpha value is -0.0900. The number of nitrogens with one attached hydrogen (secondary N) is 1. The first-order valence-electron chi connectivity index (χ1n) is 7.34. The minimum absolute atomic E-state index is 0.125. The summed E-state index contributed by atoms with van der Waals surface area (Å²) in [5, 5.41) is 3.10. The van der Waals surface area contributed by atoms with Gasteiger partial charge in [0.05, 0.1) is 5.75 Å². The van der Waals surface area contributed by atoms with Crippen LogP contribution in [0.3, 0.4) is 0 Å². The summed E-state index contributed by atoms with van der Waals surface area (Å²) in [6.45, 7) is 2.24. The molecule has 1 N–H and O–H groups in total. The van der Waals surface area contributed by atoms with Crippen LogP contribution in [-0.4, -0.2) is 33.5 Å². The molecule has 1 unspecified atom stereocenters. The first-order valence-corrected chi connectivity index (χ1v) is 9.40. The summed E-state index contributed by atoms with van der Waals surface area (Å²) in [4.78, 5) is 0. The molecule has 0 spiro atoms. The van der Waals surface area contributed by atoms with E-state index in [1.807, 2.05) is 7.05 Å². The highest BCUT2D eigenvalue weighted by molar-refractivity contribution is 7.90. The van der Waals surface area contributed by atoms with E-state index in [4.69, 9.17) is 0 Å². The zero-order valence-electron chi connectivity index (χ0n) is 12.4. The average Bonchev–Trinajstić information content (AvgIpc) is 2.29. The molecule has 0 aromatic carbocycles. The molecule has 0 bridgehead atoms. The van der Waals surface area contributed by atoms with Crippen LogP contribution in [0.25, 0.3) is 0 Å². The van der Waals surface area contributed by atoms with Crippen LogP contribution in [0, 0.1) is 0 Å². The van der Waals surface area contributed by atoms with Crippen LogP contribution in [-0.2, 0) is 9.84 Å². The van der Waals surface area contributed by atoms with Gasteiger partial charge < -0.3 is 5.32 Å². The van der Waals surface area contributed by atoms with E-state index >= 15 is 0 Å². The molecule has 0 fully saturated rings. The summed E-state index contributed by atoms with van der Waals surface area (Å²) in [5.41, 5.74) is 0. The second kappa shape index (κ2) is 10.8. The van der Waals surface area contributed by atoms with E-state index in [0.29, 0.717) is 0 Å². The molecule has 0 saturated heterocycles. The van der Waals surface area contributed by atoms with Gasteiger partial charge in [0.15, 0.2) is 0 Å². The van der Waals surface area contributed by atoms with Crippen LogP contribution < -0.4 is 5.32 Å². The highest BCUT2D eigenvalue weighted by Crippen LogP contribution is 2.11. The van der Waals surface area contributed by atoms with Crippen LogP contribution in [0.5, 0.6) is 0 Å². The van der Waals surface area contributed by atoms with Gasteiger partial charge in [-0.2, -0.15) is 0 Å². The maximum atomic E-state index is 11.2. The minimum Gasteiger partial charge on any atom is -0.316 e. The van der Waals surface area contributed by atoms with Crippen molar-refractivity contribution in [3.05, 3.63) is 0 Å². The molecule has 0 aliphatic heterocycles. The average molecular weight is 277 g/mol. The molecule has 0 aromatic rings. The predicted molar refractivity (Wildman–Crippen MR) is 79.8 cm³/mol. The molecule has 0 aromatic heterocycles. The Morgan fingerprint density at radius 1 is 0.944 bits per heavy atom. The zero-order valence-corrected chi connectivity index (χ0v) is 13.2. The molecular weight excluding hydrogens is 246 g/mol. The van der Waals surface area contributed by atoms with Gasteiger partial charge in [0.2, 0.25) is 0 Å². The minimum atomic E-state index is -2.86. The number of unbranched alkanes of at least 4 members (excludes halogenated alkanes) is 7. The normalized spacial score (nSPS) is 13.7. The van der Waals surface area contributed by atoms with Crippen molar-refractivity contribution in [3.8, 4) is 0 Å². The molecule has 0 amide bonds. The Labute approximate surface area is 114 Å². The molecule has 3 nitrogen and oxygen atoms in total. The fraction of sp³-hybridized carbons (Fsp3) is 1.00. The summed E-state index contributed by atoms with van der Waals surface area (Å²) in [6, 6.07) is 0.125. The lowest BCUT2D eigenvalue weighted by molar-refractivity contribution is 0.500. The van der Waals surface area contributed by atoms with Gasteiger partial charge in [0, 0.05) is 12.3 Å². The summed E-state index contributed by atoms with van der Waals surface area (Å²) < 4.78 is 22.4. The van der Waals surface area contributed by atoms with Gasteiger partial charge in [0.1, 0.15) is 9.84 Å². The molecular formula is C14H31NO2S. The maximum absolute atomic E-state index is 11.2. The van der Waals surface area contributed by atoms with Crippen molar-refractivity contribution < 1.29 is 8.42 Å². The van der Waals surface area contributed by atoms with Crippen molar-refractivity contribution in [2.24, 2.45) is 0 Å². The van der Waals surface area contributed by atoms with Crippen LogP contribution in [0.15, 0.2) is 0 Å². The van der Waals surface area contributed by atoms with Crippen molar-refractivity contribution in [1.82, 2.24) is 5.32 Å². The fourth-order valence-corrected chi connectivity index (χ4v) is 3.27. The second-order valence-electron chi connectivity index (χ2n) is 5.34. The SMILES string of the molecule is CCCCCCCCCCC(CS(C)(=O)=O)NC. The largest absolute Gasteiger partial charge is 0.316 e. The summed E-state index contributed by atoms with van der Waals surface area (Å²) >= 11 is 0. The van der Waals surface area contributed by atoms with E-state index in [0.717, 1.165) is 12.8 Å². The van der Waals surface area contributed by atoms with Gasteiger partial charge >= 0.3 is 0 Å². The maximum Gasteiger partial charge on any atom is 0.148 e. The number of hydrogen-bond donors (Lipinski definition) is 1. The van der Waals surface area contributed by atoms with Crippen molar-refractivity contribution >= 4 is 9.84 Å². The Morgan fingerprint density at radius 2 is 1.44 bits per heavy atom. The van der Waals surface area contributed by atoms with Gasteiger partial charge in [-0.3, -0.25) is 0 Å². The lowest BCUT2D eigenvalue weighted by atomic mass is 10.1. The third kappa shape index (κ3) is 12.4. The van der Waals surface area contributed by atoms with Gasteiger partial charge in [-0.1, -0.05) is 58.3 Å². The van der Waals surface area contributed by atoms with E-state index in [1.165, 1.54) is 51.2 Å². The van der Waals surface area contributed by atoms with Crippen LogP contribution in [0.1, 0.15) is 64.7 Å². The molecule has 4 heteroatoms. The topological polar surface area (TPSA) is 46.2 Å². The molecule has 0 aliphatic rings. The highest BCUT2D eigenvalue weighted by Gasteiger charge is 2.12. The van der Waals surface area contributed by atoms with E-state index < -0.39 is 9.84 Å². The van der Waals surface area contributed by atoms with Crippen LogP contribution >= 0.6 is 0 Å². The molecule has 0 rings (SSSR count). The highest BCUT2D eigenvalue weighted by atomic mass is 32.2. The van der Waals surface area contributed by atoms with Crippen molar-refractivity contribution in [1.29, 1.82) is 0 Å².